The van der Waals surface area contributed by atoms with Gasteiger partial charge in [0, 0.05) is 45.3 Å². The molecule has 3 aromatic carbocycles. The Kier molecular flexibility index (Phi) is 8.39. The van der Waals surface area contributed by atoms with Gasteiger partial charge in [0.05, 0.1) is 43.3 Å². The Labute approximate surface area is 292 Å². The molecule has 0 radical (unpaired) electrons. The Balaban J connectivity index is 1.31. The molecule has 1 saturated heterocycles. The number of carbonyl (C=O) groups is 2. The molecule has 2 atom stereocenters. The smallest absolute Gasteiger partial charge is 0.259 e. The minimum atomic E-state index is -1.66. The topological polar surface area (TPSA) is 127 Å². The van der Waals surface area contributed by atoms with Crippen LogP contribution in [0.1, 0.15) is 63.5 Å². The van der Waals surface area contributed by atoms with Crippen molar-refractivity contribution in [3.05, 3.63) is 125 Å². The average molecular weight is 692 g/mol. The van der Waals surface area contributed by atoms with Gasteiger partial charge >= 0.3 is 0 Å². The van der Waals surface area contributed by atoms with Crippen molar-refractivity contribution >= 4 is 28.4 Å². The minimum Gasteiger partial charge on any atom is -0.494 e. The van der Waals surface area contributed by atoms with Gasteiger partial charge in [0.15, 0.2) is 5.82 Å². The van der Waals surface area contributed by atoms with Crippen LogP contribution in [0.3, 0.4) is 0 Å². The highest BCUT2D eigenvalue weighted by Gasteiger charge is 2.49. The number of hydrogen-bond acceptors (Lipinski definition) is 8. The van der Waals surface area contributed by atoms with Crippen LogP contribution in [0.25, 0.3) is 27.9 Å². The van der Waals surface area contributed by atoms with Crippen LogP contribution in [-0.2, 0) is 15.9 Å². The SMILES string of the molecule is C=C1c2ccccc2C(=O)N1[C@@H]1CO[C@@](CNC(=O)c2cc(OC)c3nnc(C)cc3c2)(c2cc(C(C)(C)O)c(F)c(-c3ccc(F)cc3)n2)C1. The molecule has 0 unspecified atom stereocenters. The molecule has 2 aliphatic heterocycles. The van der Waals surface area contributed by atoms with Crippen molar-refractivity contribution in [1.29, 1.82) is 0 Å². The standard InChI is InChI=1S/C39H35F2N5O5/c1-21-14-24-15-25(16-31(50-5)34(24)45-44-21)36(47)42-20-39(18-27(19-51-39)46-22(2)28-8-6-7-9-29(28)37(46)48)32-17-30(38(3,4)49)33(41)35(43-32)23-10-12-26(40)13-11-23/h6-17,27,49H,2,18-20H2,1,3-5H3,(H,42,47)/t27-,39-/m0/s1. The fourth-order valence-corrected chi connectivity index (χ4v) is 6.85. The maximum Gasteiger partial charge on any atom is 0.259 e. The number of nitrogens with zero attached hydrogens (tertiary/aromatic N) is 4. The van der Waals surface area contributed by atoms with Gasteiger partial charge in [-0.3, -0.25) is 9.59 Å². The number of ether oxygens (including phenoxy) is 2. The van der Waals surface area contributed by atoms with Crippen LogP contribution >= 0.6 is 0 Å². The predicted molar refractivity (Wildman–Crippen MR) is 186 cm³/mol. The molecule has 4 heterocycles. The quantitative estimate of drug-likeness (QED) is 0.201. The zero-order valence-electron chi connectivity index (χ0n) is 28.5. The van der Waals surface area contributed by atoms with Crippen molar-refractivity contribution in [2.75, 3.05) is 20.3 Å². The summed E-state index contributed by atoms with van der Waals surface area (Å²) in [7, 11) is 1.48. The summed E-state index contributed by atoms with van der Waals surface area (Å²) >= 11 is 0. The number of aliphatic hydroxyl groups is 1. The van der Waals surface area contributed by atoms with Crippen LogP contribution in [0.5, 0.6) is 5.75 Å². The van der Waals surface area contributed by atoms with Gasteiger partial charge in [0.2, 0.25) is 0 Å². The van der Waals surface area contributed by atoms with Gasteiger partial charge in [-0.05, 0) is 75.4 Å². The number of fused-ring (bicyclic) bond motifs is 2. The normalized spacial score (nSPS) is 18.7. The number of nitrogens with one attached hydrogen (secondary N) is 1. The van der Waals surface area contributed by atoms with Crippen molar-refractivity contribution < 1.29 is 33.0 Å². The van der Waals surface area contributed by atoms with Crippen LogP contribution < -0.4 is 10.1 Å². The molecule has 260 valence electrons. The van der Waals surface area contributed by atoms with Crippen LogP contribution in [0.4, 0.5) is 8.78 Å². The summed E-state index contributed by atoms with van der Waals surface area (Å²) in [6.45, 7) is 8.77. The highest BCUT2D eigenvalue weighted by Crippen LogP contribution is 2.44. The molecule has 0 aliphatic carbocycles. The summed E-state index contributed by atoms with van der Waals surface area (Å²) in [4.78, 5) is 33.9. The third kappa shape index (κ3) is 6.00. The fraction of sp³-hybridized carbons (Fsp3) is 0.256. The predicted octanol–water partition coefficient (Wildman–Crippen LogP) is 6.06. The van der Waals surface area contributed by atoms with Gasteiger partial charge in [-0.1, -0.05) is 24.8 Å². The van der Waals surface area contributed by atoms with E-state index in [1.54, 1.807) is 42.2 Å². The average Bonchev–Trinajstić information content (AvgIpc) is 3.65. The summed E-state index contributed by atoms with van der Waals surface area (Å²) in [5, 5.41) is 23.1. The van der Waals surface area contributed by atoms with Gasteiger partial charge in [-0.15, -0.1) is 5.10 Å². The number of rotatable bonds is 8. The molecule has 5 aromatic rings. The molecular weight excluding hydrogens is 656 g/mol. The van der Waals surface area contributed by atoms with Crippen LogP contribution in [0, 0.1) is 18.6 Å². The molecule has 2 aliphatic rings. The van der Waals surface area contributed by atoms with E-state index >= 15 is 4.39 Å². The molecule has 2 N–H and O–H groups in total. The molecular formula is C39H35F2N5O5. The molecule has 2 aromatic heterocycles. The maximum absolute atomic E-state index is 16.2. The number of methoxy groups -OCH3 is 1. The number of pyridine rings is 1. The van der Waals surface area contributed by atoms with Crippen molar-refractivity contribution in [3.63, 3.8) is 0 Å². The van der Waals surface area contributed by atoms with Crippen LogP contribution in [0.2, 0.25) is 0 Å². The lowest BCUT2D eigenvalue weighted by molar-refractivity contribution is -0.00372. The Morgan fingerprint density at radius 1 is 1.10 bits per heavy atom. The number of benzene rings is 3. The Morgan fingerprint density at radius 3 is 2.51 bits per heavy atom. The number of aryl methyl sites for hydroxylation is 1. The van der Waals surface area contributed by atoms with E-state index in [0.29, 0.717) is 39.2 Å². The van der Waals surface area contributed by atoms with E-state index in [0.717, 1.165) is 0 Å². The Morgan fingerprint density at radius 2 is 1.82 bits per heavy atom. The monoisotopic (exact) mass is 691 g/mol. The van der Waals surface area contributed by atoms with Crippen LogP contribution in [0.15, 0.2) is 79.4 Å². The second-order valence-electron chi connectivity index (χ2n) is 13.4. The minimum absolute atomic E-state index is 0.0408. The third-order valence-corrected chi connectivity index (χ3v) is 9.45. The fourth-order valence-electron chi connectivity index (χ4n) is 6.85. The number of aromatic nitrogens is 3. The van der Waals surface area contributed by atoms with Crippen molar-refractivity contribution in [2.45, 2.75) is 44.4 Å². The van der Waals surface area contributed by atoms with Crippen LogP contribution in [-0.4, -0.2) is 63.3 Å². The Bertz CT molecular complexity index is 2200. The highest BCUT2D eigenvalue weighted by atomic mass is 19.1. The Hall–Kier alpha value is -5.59. The first kappa shape index (κ1) is 33.9. The number of hydrogen-bond donors (Lipinski definition) is 2. The molecule has 51 heavy (non-hydrogen) atoms. The molecule has 10 nitrogen and oxygen atoms in total. The zero-order valence-corrected chi connectivity index (χ0v) is 28.5. The number of halogens is 2. The highest BCUT2D eigenvalue weighted by molar-refractivity contribution is 6.09. The molecule has 0 saturated carbocycles. The van der Waals surface area contributed by atoms with E-state index in [-0.39, 0.29) is 53.6 Å². The second kappa shape index (κ2) is 12.6. The molecule has 0 bridgehead atoms. The number of amides is 2. The lowest BCUT2D eigenvalue weighted by Crippen LogP contribution is -2.43. The van der Waals surface area contributed by atoms with E-state index in [1.165, 1.54) is 51.3 Å². The maximum atomic E-state index is 16.2. The summed E-state index contributed by atoms with van der Waals surface area (Å²) in [6.07, 6.45) is 0.134. The molecule has 1 fully saturated rings. The summed E-state index contributed by atoms with van der Waals surface area (Å²) in [6, 6.07) is 18.3. The van der Waals surface area contributed by atoms with E-state index in [2.05, 4.69) is 22.1 Å². The number of carbonyl (C=O) groups excluding carboxylic acids is 2. The van der Waals surface area contributed by atoms with E-state index in [1.807, 2.05) is 12.1 Å². The first-order valence-corrected chi connectivity index (χ1v) is 16.4. The molecule has 7 rings (SSSR count). The zero-order chi connectivity index (χ0) is 36.2. The van der Waals surface area contributed by atoms with Crippen molar-refractivity contribution in [1.82, 2.24) is 25.4 Å². The van der Waals surface area contributed by atoms with E-state index in [9.17, 15) is 19.1 Å². The lowest BCUT2D eigenvalue weighted by atomic mass is 9.88. The summed E-state index contributed by atoms with van der Waals surface area (Å²) in [5.41, 5.74) is 0.377. The first-order valence-electron chi connectivity index (χ1n) is 16.4. The largest absolute Gasteiger partial charge is 0.494 e. The van der Waals surface area contributed by atoms with Gasteiger partial charge in [0.1, 0.15) is 28.4 Å². The van der Waals surface area contributed by atoms with Gasteiger partial charge in [0.25, 0.3) is 11.8 Å². The summed E-state index contributed by atoms with van der Waals surface area (Å²) in [5.74, 6) is -1.63. The molecule has 12 heteroatoms. The van der Waals surface area contributed by atoms with Crippen molar-refractivity contribution in [3.8, 4) is 17.0 Å². The van der Waals surface area contributed by atoms with Crippen molar-refractivity contribution in [2.24, 2.45) is 0 Å². The lowest BCUT2D eigenvalue weighted by Gasteiger charge is -2.32. The van der Waals surface area contributed by atoms with E-state index in [4.69, 9.17) is 14.5 Å². The first-order chi connectivity index (χ1) is 24.3. The van der Waals surface area contributed by atoms with Gasteiger partial charge in [-0.2, -0.15) is 5.10 Å². The van der Waals surface area contributed by atoms with Gasteiger partial charge in [-0.25, -0.2) is 13.8 Å². The van der Waals surface area contributed by atoms with Gasteiger partial charge < -0.3 is 24.8 Å². The van der Waals surface area contributed by atoms with E-state index < -0.39 is 34.8 Å². The molecule has 0 spiro atoms. The third-order valence-electron chi connectivity index (χ3n) is 9.45. The molecule has 2 amide bonds. The second-order valence-corrected chi connectivity index (χ2v) is 13.4. The summed E-state index contributed by atoms with van der Waals surface area (Å²) < 4.78 is 42.2.